The van der Waals surface area contributed by atoms with Crippen LogP contribution in [0.1, 0.15) is 41.6 Å². The van der Waals surface area contributed by atoms with Crippen LogP contribution in [0.5, 0.6) is 0 Å². The van der Waals surface area contributed by atoms with E-state index in [2.05, 4.69) is 15.6 Å². The van der Waals surface area contributed by atoms with Gasteiger partial charge in [0.2, 0.25) is 0 Å². The number of fused-ring (bicyclic) bond motifs is 2. The average Bonchev–Trinajstić information content (AvgIpc) is 3.85. The lowest BCUT2D eigenvalue weighted by molar-refractivity contribution is -0.385. The zero-order valence-electron chi connectivity index (χ0n) is 31.9. The molecule has 2 saturated heterocycles. The van der Waals surface area contributed by atoms with Gasteiger partial charge >= 0.3 is 0 Å². The Balaban J connectivity index is 1.15. The fraction of sp³-hybridized carbons (Fsp3) is 0.436. The fourth-order valence-corrected chi connectivity index (χ4v) is 11.3. The zero-order chi connectivity index (χ0) is 41.7. The molecule has 2 fully saturated rings. The Kier molecular flexibility index (Phi) is 11.4. The summed E-state index contributed by atoms with van der Waals surface area (Å²) in [6, 6.07) is 20.0. The van der Waals surface area contributed by atoms with E-state index in [0.29, 0.717) is 35.5 Å². The van der Waals surface area contributed by atoms with Gasteiger partial charge in [0.25, 0.3) is 17.5 Å². The van der Waals surface area contributed by atoms with Crippen LogP contribution in [-0.2, 0) is 37.8 Å². The van der Waals surface area contributed by atoms with Crippen LogP contribution in [0.25, 0.3) is 0 Å². The molecular formula is C39H46N6O12Si. The van der Waals surface area contributed by atoms with E-state index >= 15 is 0 Å². The van der Waals surface area contributed by atoms with E-state index in [1.165, 1.54) is 29.2 Å². The summed E-state index contributed by atoms with van der Waals surface area (Å²) in [5.74, 6) is -2.40. The molecule has 0 aliphatic carbocycles. The first-order valence-electron chi connectivity index (χ1n) is 18.9. The number of rotatable bonds is 12. The number of nitrogens with one attached hydrogen (secondary N) is 1. The first-order valence-corrected chi connectivity index (χ1v) is 21.9. The summed E-state index contributed by atoms with van der Waals surface area (Å²) in [5.41, 5.74) is 0.461. The molecular weight excluding hydrogens is 773 g/mol. The highest BCUT2D eigenvalue weighted by molar-refractivity contribution is 6.71. The summed E-state index contributed by atoms with van der Waals surface area (Å²) < 4.78 is 13.5. The van der Waals surface area contributed by atoms with Crippen LogP contribution in [0.2, 0.25) is 18.6 Å². The van der Waals surface area contributed by atoms with E-state index in [4.69, 9.17) is 9.47 Å². The quantitative estimate of drug-likeness (QED) is 0.0607. The normalized spacial score (nSPS) is 28.8. The van der Waals surface area contributed by atoms with Crippen molar-refractivity contribution in [3.05, 3.63) is 111 Å². The fourth-order valence-electron chi connectivity index (χ4n) is 8.72. The molecule has 2 amide bonds. The van der Waals surface area contributed by atoms with Crippen molar-refractivity contribution >= 4 is 37.2 Å². The van der Waals surface area contributed by atoms with Crippen LogP contribution >= 0.6 is 0 Å². The number of aromatic nitrogens is 3. The smallest absolute Gasteiger partial charge is 0.269 e. The lowest BCUT2D eigenvalue weighted by Crippen LogP contribution is -2.60. The second kappa shape index (κ2) is 16.0. The van der Waals surface area contributed by atoms with Crippen molar-refractivity contribution in [3.63, 3.8) is 0 Å². The van der Waals surface area contributed by atoms with Gasteiger partial charge in [-0.15, -0.1) is 5.10 Å². The Labute approximate surface area is 333 Å². The SMILES string of the molecule is C[C@H]1[C@H]([Si](C)(C)O)[C@@H](CCn2cc(C(CO)c3ccccc3)nn2)O[C@]12C(=O)N(Cc1cccc(NC(=O)[C@H]3O[C@@H](O)[C@H](O)[C@@H](O)[C@@H]3O)c1)c1ccc([N+](=O)[O-])cc12. The van der Waals surface area contributed by atoms with Crippen LogP contribution in [0.3, 0.4) is 0 Å². The number of nitrogens with zero attached hydrogens (tertiary/aromatic N) is 5. The van der Waals surface area contributed by atoms with E-state index in [1.54, 1.807) is 42.2 Å². The highest BCUT2D eigenvalue weighted by atomic mass is 28.4. The summed E-state index contributed by atoms with van der Waals surface area (Å²) >= 11 is 0. The van der Waals surface area contributed by atoms with Gasteiger partial charge in [-0.25, -0.2) is 0 Å². The molecule has 3 aromatic carbocycles. The predicted molar refractivity (Wildman–Crippen MR) is 207 cm³/mol. The van der Waals surface area contributed by atoms with Gasteiger partial charge < -0.3 is 50.0 Å². The van der Waals surface area contributed by atoms with Crippen molar-refractivity contribution < 1.29 is 54.3 Å². The lowest BCUT2D eigenvalue weighted by atomic mass is 9.82. The van der Waals surface area contributed by atoms with Crippen LogP contribution in [0.4, 0.5) is 17.1 Å². The molecule has 1 spiro atoms. The van der Waals surface area contributed by atoms with Gasteiger partial charge in [0.1, 0.15) is 18.3 Å². The third-order valence-electron chi connectivity index (χ3n) is 11.5. The molecule has 18 nitrogen and oxygen atoms in total. The molecule has 58 heavy (non-hydrogen) atoms. The zero-order valence-corrected chi connectivity index (χ0v) is 32.9. The number of non-ortho nitro benzene ring substituents is 1. The standard InChI is InChI=1S/C39H46N6O12Si/c1-21-35(58(2,3)55)30(14-15-43-19-28(41-42-43)26(20-46)23-9-5-4-6-10-23)57-39(21)27-17-25(45(53)54)12-13-29(27)44(38(39)52)18-22-8-7-11-24(16-22)40-36(50)34-32(48)31(47)33(49)37(51)56-34/h4-13,16-17,19,21,26,30-35,37,46-49,51,55H,14-15,18,20H2,1-3H3,(H,40,50)/t21-,26?,30+,31-,32-,33+,34-,35-,37+,39+/m0/s1. The van der Waals surface area contributed by atoms with Gasteiger partial charge in [-0.2, -0.15) is 0 Å². The molecule has 7 N–H and O–H groups in total. The maximum atomic E-state index is 14.9. The van der Waals surface area contributed by atoms with Crippen molar-refractivity contribution in [1.29, 1.82) is 0 Å². The highest BCUT2D eigenvalue weighted by Crippen LogP contribution is 2.60. The first-order chi connectivity index (χ1) is 27.5. The minimum atomic E-state index is -3.10. The lowest BCUT2D eigenvalue weighted by Gasteiger charge is -2.37. The van der Waals surface area contributed by atoms with E-state index in [1.807, 2.05) is 37.3 Å². The number of aliphatic hydroxyl groups excluding tert-OH is 5. The number of nitro benzene ring substituents is 1. The molecule has 3 aliphatic rings. The number of carbonyl (C=O) groups excluding carboxylic acids is 2. The minimum Gasteiger partial charge on any atom is -0.432 e. The van der Waals surface area contributed by atoms with Crippen LogP contribution in [0, 0.1) is 16.0 Å². The van der Waals surface area contributed by atoms with Crippen molar-refractivity contribution in [3.8, 4) is 0 Å². The summed E-state index contributed by atoms with van der Waals surface area (Å²) in [4.78, 5) is 52.7. The largest absolute Gasteiger partial charge is 0.432 e. The van der Waals surface area contributed by atoms with Crippen molar-refractivity contribution in [2.24, 2.45) is 5.92 Å². The maximum Gasteiger partial charge on any atom is 0.269 e. The van der Waals surface area contributed by atoms with E-state index < -0.39 is 78.9 Å². The van der Waals surface area contributed by atoms with Crippen LogP contribution in [-0.4, -0.2) is 114 Å². The van der Waals surface area contributed by atoms with Crippen molar-refractivity contribution in [1.82, 2.24) is 15.0 Å². The summed E-state index contributed by atoms with van der Waals surface area (Å²) in [7, 11) is -3.10. The Bertz CT molecular complexity index is 2170. The van der Waals surface area contributed by atoms with E-state index in [0.717, 1.165) is 5.56 Å². The number of benzene rings is 3. The van der Waals surface area contributed by atoms with Gasteiger partial charge in [0.15, 0.2) is 26.3 Å². The second-order valence-electron chi connectivity index (χ2n) is 15.7. The molecule has 4 aromatic rings. The summed E-state index contributed by atoms with van der Waals surface area (Å²) in [5, 5.41) is 73.5. The number of nitro groups is 1. The first kappa shape index (κ1) is 41.2. The van der Waals surface area contributed by atoms with Gasteiger partial charge in [-0.05, 0) is 48.8 Å². The number of ether oxygens (including phenoxy) is 2. The molecule has 0 radical (unpaired) electrons. The number of aryl methyl sites for hydroxylation is 1. The molecule has 0 bridgehead atoms. The maximum absolute atomic E-state index is 14.9. The molecule has 1 aromatic heterocycles. The van der Waals surface area contributed by atoms with Gasteiger partial charge in [-0.1, -0.05) is 54.6 Å². The molecule has 4 heterocycles. The molecule has 7 rings (SSSR count). The number of hydrogen-bond acceptors (Lipinski definition) is 14. The topological polar surface area (TPSA) is 263 Å². The van der Waals surface area contributed by atoms with Crippen molar-refractivity contribution in [2.45, 2.75) is 93.4 Å². The monoisotopic (exact) mass is 818 g/mol. The van der Waals surface area contributed by atoms with Crippen LogP contribution < -0.4 is 10.2 Å². The van der Waals surface area contributed by atoms with E-state index in [9.17, 15) is 50.0 Å². The number of amides is 2. The summed E-state index contributed by atoms with van der Waals surface area (Å²) in [6.45, 7) is 5.44. The second-order valence-corrected chi connectivity index (χ2v) is 19.6. The highest BCUT2D eigenvalue weighted by Gasteiger charge is 2.66. The number of anilines is 2. The molecule has 0 saturated carbocycles. The predicted octanol–water partition coefficient (Wildman–Crippen LogP) is 1.48. The number of carbonyl (C=O) groups is 2. The van der Waals surface area contributed by atoms with E-state index in [-0.39, 0.29) is 30.4 Å². The Morgan fingerprint density at radius 3 is 2.47 bits per heavy atom. The third kappa shape index (κ3) is 7.44. The summed E-state index contributed by atoms with van der Waals surface area (Å²) in [6.07, 6.45) is -7.71. The Morgan fingerprint density at radius 1 is 1.03 bits per heavy atom. The minimum absolute atomic E-state index is 0.0538. The molecule has 308 valence electrons. The molecule has 3 aliphatic heterocycles. The van der Waals surface area contributed by atoms with Gasteiger partial charge in [-0.3, -0.25) is 24.4 Å². The van der Waals surface area contributed by atoms with Crippen LogP contribution in [0.15, 0.2) is 79.0 Å². The Hall–Kier alpha value is -4.96. The third-order valence-corrected chi connectivity index (χ3v) is 14.0. The van der Waals surface area contributed by atoms with Crippen molar-refractivity contribution in [2.75, 3.05) is 16.8 Å². The molecule has 10 atom stereocenters. The molecule has 19 heteroatoms. The number of aliphatic hydroxyl groups is 5. The Morgan fingerprint density at radius 2 is 1.78 bits per heavy atom. The van der Waals surface area contributed by atoms with Gasteiger partial charge in [0, 0.05) is 47.6 Å². The average molecular weight is 819 g/mol. The van der Waals surface area contributed by atoms with Gasteiger partial charge in [0.05, 0.1) is 41.5 Å². The number of hydrogen-bond donors (Lipinski definition) is 7. The molecule has 1 unspecified atom stereocenters.